The number of alkyl halides is 3. The summed E-state index contributed by atoms with van der Waals surface area (Å²) >= 11 is 0. The minimum Gasteiger partial charge on any atom is -0.377 e. The Kier molecular flexibility index (Phi) is 6.25. The first-order chi connectivity index (χ1) is 14.2. The van der Waals surface area contributed by atoms with Crippen LogP contribution in [0.3, 0.4) is 0 Å². The Bertz CT molecular complexity index is 945. The van der Waals surface area contributed by atoms with E-state index in [0.29, 0.717) is 25.3 Å². The normalized spacial score (nSPS) is 19.5. The molecule has 0 aromatic carbocycles. The van der Waals surface area contributed by atoms with Crippen LogP contribution in [0.5, 0.6) is 0 Å². The Balaban J connectivity index is 1.75. The van der Waals surface area contributed by atoms with Crippen LogP contribution < -0.4 is 10.6 Å². The minimum absolute atomic E-state index is 0.0416. The third-order valence-electron chi connectivity index (χ3n) is 4.76. The Morgan fingerprint density at radius 3 is 2.90 bits per heavy atom. The predicted octanol–water partition coefficient (Wildman–Crippen LogP) is 1.46. The highest BCUT2D eigenvalue weighted by atomic mass is 19.4. The van der Waals surface area contributed by atoms with Crippen LogP contribution in [-0.2, 0) is 9.53 Å². The number of likely N-dealkylation sites (tertiary alicyclic amines) is 1. The molecule has 0 spiro atoms. The molecule has 162 valence electrons. The van der Waals surface area contributed by atoms with Crippen LogP contribution in [0.1, 0.15) is 16.8 Å². The van der Waals surface area contributed by atoms with E-state index in [0.717, 1.165) is 0 Å². The van der Waals surface area contributed by atoms with Gasteiger partial charge in [-0.2, -0.15) is 13.2 Å². The summed E-state index contributed by atoms with van der Waals surface area (Å²) in [5.41, 5.74) is 0.375. The van der Waals surface area contributed by atoms with E-state index in [4.69, 9.17) is 4.74 Å². The highest BCUT2D eigenvalue weighted by Crippen LogP contribution is 2.21. The Labute approximate surface area is 169 Å². The van der Waals surface area contributed by atoms with Gasteiger partial charge in [0.2, 0.25) is 5.91 Å². The SMILES string of the molecule is C=CC(=O)N1CCC(Nc2cnc3[nH]cc(C(=O)NCC(F)(F)F)c3n2)[C@H](OC)C1. The van der Waals surface area contributed by atoms with Crippen LogP contribution in [0, 0.1) is 0 Å². The molecule has 9 nitrogen and oxygen atoms in total. The van der Waals surface area contributed by atoms with Crippen LogP contribution in [-0.4, -0.2) is 76.7 Å². The summed E-state index contributed by atoms with van der Waals surface area (Å²) in [5, 5.41) is 4.99. The molecule has 2 atom stereocenters. The molecule has 30 heavy (non-hydrogen) atoms. The number of piperidine rings is 1. The van der Waals surface area contributed by atoms with Gasteiger partial charge in [0.25, 0.3) is 5.91 Å². The molecule has 0 saturated carbocycles. The van der Waals surface area contributed by atoms with Gasteiger partial charge < -0.3 is 25.3 Å². The molecule has 2 aromatic rings. The summed E-state index contributed by atoms with van der Waals surface area (Å²) in [6.45, 7) is 2.90. The lowest BCUT2D eigenvalue weighted by atomic mass is 10.0. The number of anilines is 1. The van der Waals surface area contributed by atoms with Gasteiger partial charge in [-0.05, 0) is 12.5 Å². The number of halogens is 3. The maximum atomic E-state index is 12.4. The van der Waals surface area contributed by atoms with E-state index in [-0.39, 0.29) is 34.8 Å². The molecule has 2 amide bonds. The molecule has 2 aromatic heterocycles. The summed E-state index contributed by atoms with van der Waals surface area (Å²) in [7, 11) is 1.53. The summed E-state index contributed by atoms with van der Waals surface area (Å²) in [5.74, 6) is -0.753. The molecule has 0 radical (unpaired) electrons. The van der Waals surface area contributed by atoms with Crippen molar-refractivity contribution in [3.05, 3.63) is 30.6 Å². The topological polar surface area (TPSA) is 112 Å². The number of carbonyl (C=O) groups excluding carboxylic acids is 2. The van der Waals surface area contributed by atoms with Crippen molar-refractivity contribution in [1.82, 2.24) is 25.2 Å². The van der Waals surface area contributed by atoms with E-state index in [2.05, 4.69) is 26.8 Å². The lowest BCUT2D eigenvalue weighted by Crippen LogP contribution is -2.52. The van der Waals surface area contributed by atoms with Crippen LogP contribution in [0.15, 0.2) is 25.0 Å². The number of nitrogens with zero attached hydrogens (tertiary/aromatic N) is 3. The zero-order valence-electron chi connectivity index (χ0n) is 16.1. The Hall–Kier alpha value is -3.15. The average Bonchev–Trinajstić information content (AvgIpc) is 3.14. The van der Waals surface area contributed by atoms with Crippen molar-refractivity contribution in [2.24, 2.45) is 0 Å². The second kappa shape index (κ2) is 8.69. The van der Waals surface area contributed by atoms with Crippen LogP contribution in [0.2, 0.25) is 0 Å². The molecule has 1 unspecified atom stereocenters. The first-order valence-corrected chi connectivity index (χ1v) is 9.11. The van der Waals surface area contributed by atoms with Gasteiger partial charge >= 0.3 is 6.18 Å². The molecular weight excluding hydrogens is 405 g/mol. The quantitative estimate of drug-likeness (QED) is 0.603. The van der Waals surface area contributed by atoms with Gasteiger partial charge in [0.15, 0.2) is 5.65 Å². The Morgan fingerprint density at radius 2 is 2.23 bits per heavy atom. The fourth-order valence-corrected chi connectivity index (χ4v) is 3.25. The second-order valence-electron chi connectivity index (χ2n) is 6.75. The van der Waals surface area contributed by atoms with E-state index < -0.39 is 18.6 Å². The molecule has 0 aliphatic carbocycles. The number of H-pyrrole nitrogens is 1. The van der Waals surface area contributed by atoms with Crippen LogP contribution >= 0.6 is 0 Å². The molecule has 0 bridgehead atoms. The lowest BCUT2D eigenvalue weighted by Gasteiger charge is -2.37. The number of nitrogens with one attached hydrogen (secondary N) is 3. The van der Waals surface area contributed by atoms with Gasteiger partial charge in [-0.3, -0.25) is 9.59 Å². The van der Waals surface area contributed by atoms with Gasteiger partial charge in [-0.1, -0.05) is 6.58 Å². The third-order valence-corrected chi connectivity index (χ3v) is 4.76. The van der Waals surface area contributed by atoms with Crippen molar-refractivity contribution in [2.75, 3.05) is 32.1 Å². The molecule has 1 aliphatic heterocycles. The van der Waals surface area contributed by atoms with Gasteiger partial charge in [-0.25, -0.2) is 9.97 Å². The molecule has 3 heterocycles. The third kappa shape index (κ3) is 4.87. The maximum Gasteiger partial charge on any atom is 0.405 e. The van der Waals surface area contributed by atoms with Crippen molar-refractivity contribution in [3.63, 3.8) is 0 Å². The predicted molar refractivity (Wildman–Crippen MR) is 102 cm³/mol. The largest absolute Gasteiger partial charge is 0.405 e. The van der Waals surface area contributed by atoms with Crippen molar-refractivity contribution in [3.8, 4) is 0 Å². The highest BCUT2D eigenvalue weighted by molar-refractivity contribution is 6.04. The Morgan fingerprint density at radius 1 is 1.47 bits per heavy atom. The molecule has 1 aliphatic rings. The van der Waals surface area contributed by atoms with Gasteiger partial charge in [0.1, 0.15) is 17.9 Å². The number of hydrogen-bond donors (Lipinski definition) is 3. The molecule has 1 fully saturated rings. The fourth-order valence-electron chi connectivity index (χ4n) is 3.25. The number of hydrogen-bond acceptors (Lipinski definition) is 6. The van der Waals surface area contributed by atoms with E-state index in [1.807, 2.05) is 5.32 Å². The number of amides is 2. The van der Waals surface area contributed by atoms with Gasteiger partial charge in [-0.15, -0.1) is 0 Å². The second-order valence-corrected chi connectivity index (χ2v) is 6.75. The van der Waals surface area contributed by atoms with E-state index >= 15 is 0 Å². The summed E-state index contributed by atoms with van der Waals surface area (Å²) in [6, 6.07) is -0.183. The maximum absolute atomic E-state index is 12.4. The standard InChI is InChI=1S/C18H21F3N6O3/c1-3-14(28)27-5-4-11(12(8-27)30-2)25-13-7-23-16-15(26-13)10(6-22-16)17(29)24-9-18(19,20)21/h3,6-7,11-12H,1,4-5,8-9H2,2H3,(H,22,23)(H,24,29)(H,25,26)/t11?,12-/m1/s1. The van der Waals surface area contributed by atoms with Crippen LogP contribution in [0.4, 0.5) is 19.0 Å². The molecule has 1 saturated heterocycles. The van der Waals surface area contributed by atoms with Crippen molar-refractivity contribution in [2.45, 2.75) is 24.7 Å². The zero-order chi connectivity index (χ0) is 21.9. The molecule has 3 N–H and O–H groups in total. The smallest absolute Gasteiger partial charge is 0.377 e. The van der Waals surface area contributed by atoms with E-state index in [1.165, 1.54) is 25.6 Å². The highest BCUT2D eigenvalue weighted by Gasteiger charge is 2.31. The van der Waals surface area contributed by atoms with Crippen LogP contribution in [0.25, 0.3) is 11.2 Å². The average molecular weight is 426 g/mol. The number of ether oxygens (including phenoxy) is 1. The first-order valence-electron chi connectivity index (χ1n) is 9.11. The molecule has 3 rings (SSSR count). The number of aromatic amines is 1. The number of methoxy groups -OCH3 is 1. The van der Waals surface area contributed by atoms with Crippen molar-refractivity contribution in [1.29, 1.82) is 0 Å². The first kappa shape index (κ1) is 21.6. The van der Waals surface area contributed by atoms with E-state index in [9.17, 15) is 22.8 Å². The summed E-state index contributed by atoms with van der Waals surface area (Å²) < 4.78 is 42.6. The van der Waals surface area contributed by atoms with Gasteiger partial charge in [0.05, 0.1) is 23.9 Å². The number of fused-ring (bicyclic) bond motifs is 1. The summed E-state index contributed by atoms with van der Waals surface area (Å²) in [6.07, 6.45) is -0.305. The number of carbonyl (C=O) groups is 2. The van der Waals surface area contributed by atoms with Crippen molar-refractivity contribution < 1.29 is 27.5 Å². The number of rotatable bonds is 6. The minimum atomic E-state index is -4.52. The summed E-state index contributed by atoms with van der Waals surface area (Å²) in [4.78, 5) is 36.8. The lowest BCUT2D eigenvalue weighted by molar-refractivity contribution is -0.129. The van der Waals surface area contributed by atoms with Gasteiger partial charge in [0, 0.05) is 26.4 Å². The molecule has 12 heteroatoms. The van der Waals surface area contributed by atoms with E-state index in [1.54, 1.807) is 4.90 Å². The molecular formula is C18H21F3N6O3. The fraction of sp³-hybridized carbons (Fsp3) is 0.444. The zero-order valence-corrected chi connectivity index (χ0v) is 16.1. The van der Waals surface area contributed by atoms with Crippen molar-refractivity contribution >= 4 is 28.8 Å². The monoisotopic (exact) mass is 426 g/mol. The number of aromatic nitrogens is 3.